The highest BCUT2D eigenvalue weighted by atomic mass is 16.5. The van der Waals surface area contributed by atoms with E-state index in [4.69, 9.17) is 14.2 Å². The lowest BCUT2D eigenvalue weighted by molar-refractivity contribution is 0.168. The van der Waals surface area contributed by atoms with Gasteiger partial charge in [-0.2, -0.15) is 0 Å². The quantitative estimate of drug-likeness (QED) is 0.842. The topological polar surface area (TPSA) is 77.0 Å². The number of aromatic hydroxyl groups is 1. The van der Waals surface area contributed by atoms with Crippen molar-refractivity contribution in [2.45, 2.75) is 6.92 Å². The van der Waals surface area contributed by atoms with E-state index in [1.165, 1.54) is 20.3 Å². The number of anilines is 1. The molecule has 0 fully saturated rings. The van der Waals surface area contributed by atoms with Gasteiger partial charge >= 0.3 is 6.09 Å². The molecule has 0 aliphatic heterocycles. The molecule has 0 spiro atoms. The largest absolute Gasteiger partial charge is 0.502 e. The van der Waals surface area contributed by atoms with E-state index in [-0.39, 0.29) is 23.9 Å². The molecule has 2 N–H and O–H groups in total. The van der Waals surface area contributed by atoms with Crippen LogP contribution in [0, 0.1) is 0 Å². The van der Waals surface area contributed by atoms with Gasteiger partial charge in [-0.25, -0.2) is 4.79 Å². The zero-order valence-electron chi connectivity index (χ0n) is 9.94. The number of benzene rings is 1. The maximum Gasteiger partial charge on any atom is 0.411 e. The van der Waals surface area contributed by atoms with E-state index in [9.17, 15) is 9.90 Å². The summed E-state index contributed by atoms with van der Waals surface area (Å²) in [6.45, 7) is 1.96. The first-order valence-electron chi connectivity index (χ1n) is 5.01. The molecule has 0 aliphatic rings. The summed E-state index contributed by atoms with van der Waals surface area (Å²) in [5, 5.41) is 12.2. The molecule has 0 aromatic heterocycles. The lowest BCUT2D eigenvalue weighted by Crippen LogP contribution is -2.14. The molecule has 0 aliphatic carbocycles. The molecular formula is C11H15NO5. The Hall–Kier alpha value is -2.11. The van der Waals surface area contributed by atoms with Gasteiger partial charge in [0.2, 0.25) is 5.75 Å². The number of carbonyl (C=O) groups is 1. The van der Waals surface area contributed by atoms with Crippen molar-refractivity contribution in [3.05, 3.63) is 12.1 Å². The van der Waals surface area contributed by atoms with Crippen molar-refractivity contribution in [3.63, 3.8) is 0 Å². The number of amides is 1. The Bertz CT molecular complexity index is 405. The molecule has 1 rings (SSSR count). The molecule has 6 nitrogen and oxygen atoms in total. The number of hydrogen-bond donors (Lipinski definition) is 2. The monoisotopic (exact) mass is 241 g/mol. The zero-order valence-corrected chi connectivity index (χ0v) is 9.94. The van der Waals surface area contributed by atoms with E-state index in [0.29, 0.717) is 5.69 Å². The molecule has 0 heterocycles. The van der Waals surface area contributed by atoms with Crippen molar-refractivity contribution in [1.29, 1.82) is 0 Å². The average molecular weight is 241 g/mol. The highest BCUT2D eigenvalue weighted by Crippen LogP contribution is 2.41. The lowest BCUT2D eigenvalue weighted by Gasteiger charge is -2.13. The molecule has 0 saturated heterocycles. The highest BCUT2D eigenvalue weighted by Gasteiger charge is 2.15. The van der Waals surface area contributed by atoms with Gasteiger partial charge in [-0.05, 0) is 19.1 Å². The summed E-state index contributed by atoms with van der Waals surface area (Å²) in [4.78, 5) is 11.2. The minimum absolute atomic E-state index is 0.123. The predicted molar refractivity (Wildman–Crippen MR) is 61.9 cm³/mol. The van der Waals surface area contributed by atoms with Crippen LogP contribution in [0.15, 0.2) is 12.1 Å². The normalized spacial score (nSPS) is 9.59. The maximum atomic E-state index is 11.2. The molecule has 0 atom stereocenters. The van der Waals surface area contributed by atoms with E-state index in [2.05, 4.69) is 5.32 Å². The van der Waals surface area contributed by atoms with Crippen molar-refractivity contribution in [3.8, 4) is 17.2 Å². The Morgan fingerprint density at radius 2 is 2.06 bits per heavy atom. The third-order valence-corrected chi connectivity index (χ3v) is 2.03. The van der Waals surface area contributed by atoms with Crippen LogP contribution in [0.1, 0.15) is 6.92 Å². The number of nitrogens with one attached hydrogen (secondary N) is 1. The predicted octanol–water partition coefficient (Wildman–Crippen LogP) is 1.98. The van der Waals surface area contributed by atoms with Gasteiger partial charge in [0, 0.05) is 0 Å². The molecule has 1 aromatic carbocycles. The maximum absolute atomic E-state index is 11.2. The summed E-state index contributed by atoms with van der Waals surface area (Å²) in [5.41, 5.74) is 0.309. The van der Waals surface area contributed by atoms with Gasteiger partial charge in [0.25, 0.3) is 0 Å². The first kappa shape index (κ1) is 13.0. The number of hydrogen-bond acceptors (Lipinski definition) is 5. The van der Waals surface area contributed by atoms with Crippen LogP contribution in [0.3, 0.4) is 0 Å². The first-order chi connectivity index (χ1) is 8.13. The Kier molecular flexibility index (Phi) is 4.45. The van der Waals surface area contributed by atoms with Gasteiger partial charge in [0.15, 0.2) is 11.5 Å². The van der Waals surface area contributed by atoms with Crippen LogP contribution in [0.2, 0.25) is 0 Å². The second-order valence-electron chi connectivity index (χ2n) is 3.04. The van der Waals surface area contributed by atoms with E-state index >= 15 is 0 Å². The molecule has 0 unspecified atom stereocenters. The van der Waals surface area contributed by atoms with Crippen LogP contribution in [-0.2, 0) is 4.74 Å². The van der Waals surface area contributed by atoms with Crippen LogP contribution in [0.5, 0.6) is 17.2 Å². The number of phenols is 1. The summed E-state index contributed by atoms with van der Waals surface area (Å²) in [5.74, 6) is 0.206. The molecule has 0 radical (unpaired) electrons. The Morgan fingerprint density at radius 3 is 2.59 bits per heavy atom. The number of methoxy groups -OCH3 is 2. The fraction of sp³-hybridized carbons (Fsp3) is 0.364. The van der Waals surface area contributed by atoms with E-state index < -0.39 is 6.09 Å². The summed E-state index contributed by atoms with van der Waals surface area (Å²) >= 11 is 0. The molecule has 6 heteroatoms. The van der Waals surface area contributed by atoms with Crippen LogP contribution in [0.25, 0.3) is 0 Å². The van der Waals surface area contributed by atoms with Crippen molar-refractivity contribution in [2.24, 2.45) is 0 Å². The molecule has 0 bridgehead atoms. The number of phenolic OH excluding ortho intramolecular Hbond substituents is 1. The summed E-state index contributed by atoms with van der Waals surface area (Å²) in [6, 6.07) is 3.06. The van der Waals surface area contributed by atoms with Gasteiger partial charge in [0.1, 0.15) is 0 Å². The number of rotatable bonds is 4. The number of carbonyl (C=O) groups excluding carboxylic acids is 1. The van der Waals surface area contributed by atoms with Crippen LogP contribution < -0.4 is 14.8 Å². The van der Waals surface area contributed by atoms with Gasteiger partial charge in [-0.1, -0.05) is 0 Å². The van der Waals surface area contributed by atoms with Crippen molar-refractivity contribution in [2.75, 3.05) is 26.1 Å². The number of ether oxygens (including phenoxy) is 3. The Morgan fingerprint density at radius 1 is 1.35 bits per heavy atom. The van der Waals surface area contributed by atoms with Crippen molar-refractivity contribution in [1.82, 2.24) is 0 Å². The zero-order chi connectivity index (χ0) is 12.8. The van der Waals surface area contributed by atoms with Crippen LogP contribution >= 0.6 is 0 Å². The van der Waals surface area contributed by atoms with Gasteiger partial charge in [-0.15, -0.1) is 0 Å². The van der Waals surface area contributed by atoms with Crippen molar-refractivity contribution < 1.29 is 24.1 Å². The molecule has 1 amide bonds. The Balaban J connectivity index is 3.00. The fourth-order valence-corrected chi connectivity index (χ4v) is 1.30. The molecule has 17 heavy (non-hydrogen) atoms. The molecule has 1 aromatic rings. The standard InChI is InChI=1S/C11H15NO5/c1-4-17-11(14)12-7-5-6-8(15-2)9(13)10(7)16-3/h5-6,13H,4H2,1-3H3,(H,12,14). The summed E-state index contributed by atoms with van der Waals surface area (Å²) in [6.07, 6.45) is -0.615. The SMILES string of the molecule is CCOC(=O)Nc1ccc(OC)c(O)c1OC. The molecule has 0 saturated carbocycles. The second-order valence-corrected chi connectivity index (χ2v) is 3.04. The Labute approximate surface area is 99.1 Å². The minimum atomic E-state index is -0.615. The lowest BCUT2D eigenvalue weighted by atomic mass is 10.2. The summed E-state index contributed by atoms with van der Waals surface area (Å²) < 4.78 is 14.6. The average Bonchev–Trinajstić information content (AvgIpc) is 2.30. The van der Waals surface area contributed by atoms with Gasteiger partial charge in [-0.3, -0.25) is 5.32 Å². The minimum Gasteiger partial charge on any atom is -0.502 e. The molecule has 94 valence electrons. The van der Waals surface area contributed by atoms with E-state index in [1.54, 1.807) is 13.0 Å². The second kappa shape index (κ2) is 5.83. The smallest absolute Gasteiger partial charge is 0.411 e. The van der Waals surface area contributed by atoms with Crippen LogP contribution in [0.4, 0.5) is 10.5 Å². The highest BCUT2D eigenvalue weighted by molar-refractivity contribution is 5.88. The van der Waals surface area contributed by atoms with E-state index in [1.807, 2.05) is 0 Å². The summed E-state index contributed by atoms with van der Waals surface area (Å²) in [7, 11) is 2.80. The van der Waals surface area contributed by atoms with Crippen LogP contribution in [-0.4, -0.2) is 32.0 Å². The first-order valence-corrected chi connectivity index (χ1v) is 5.01. The van der Waals surface area contributed by atoms with Gasteiger partial charge < -0.3 is 19.3 Å². The third-order valence-electron chi connectivity index (χ3n) is 2.03. The fourth-order valence-electron chi connectivity index (χ4n) is 1.30. The molecular weight excluding hydrogens is 226 g/mol. The third kappa shape index (κ3) is 2.93. The van der Waals surface area contributed by atoms with Gasteiger partial charge in [0.05, 0.1) is 26.5 Å². The van der Waals surface area contributed by atoms with E-state index in [0.717, 1.165) is 0 Å². The van der Waals surface area contributed by atoms with Crippen molar-refractivity contribution >= 4 is 11.8 Å².